The molecule has 0 aromatic heterocycles. The Labute approximate surface area is 187 Å². The summed E-state index contributed by atoms with van der Waals surface area (Å²) in [6.45, 7) is 1.81. The van der Waals surface area contributed by atoms with Gasteiger partial charge in [0.2, 0.25) is 0 Å². The molecule has 0 saturated carbocycles. The molecule has 0 bridgehead atoms. The molecule has 1 amide bonds. The zero-order valence-electron chi connectivity index (χ0n) is 17.7. The fourth-order valence-electron chi connectivity index (χ4n) is 3.25. The molecule has 3 aromatic rings. The minimum absolute atomic E-state index is 0.0553. The largest absolute Gasteiger partial charge is 0.457 e. The number of hydroxylamine groups is 1. The predicted octanol–water partition coefficient (Wildman–Crippen LogP) is 3.35. The minimum Gasteiger partial charge on any atom is -0.457 e. The van der Waals surface area contributed by atoms with Crippen molar-refractivity contribution < 1.29 is 23.2 Å². The van der Waals surface area contributed by atoms with E-state index in [1.165, 1.54) is 19.1 Å². The van der Waals surface area contributed by atoms with Crippen molar-refractivity contribution in [2.45, 2.75) is 23.8 Å². The van der Waals surface area contributed by atoms with E-state index in [0.29, 0.717) is 24.5 Å². The summed E-state index contributed by atoms with van der Waals surface area (Å²) in [7, 11) is -3.85. The van der Waals surface area contributed by atoms with Crippen molar-refractivity contribution in [2.24, 2.45) is 0 Å². The second-order valence-corrected chi connectivity index (χ2v) is 9.57. The average molecular weight is 455 g/mol. The van der Waals surface area contributed by atoms with Gasteiger partial charge < -0.3 is 10.1 Å². The molecular weight excluding hydrogens is 428 g/mol. The van der Waals surface area contributed by atoms with Gasteiger partial charge in [0.1, 0.15) is 17.0 Å². The number of amides is 1. The average Bonchev–Trinajstić information content (AvgIpc) is 2.80. The van der Waals surface area contributed by atoms with Crippen LogP contribution >= 0.6 is 0 Å². The second-order valence-electron chi connectivity index (χ2n) is 7.58. The summed E-state index contributed by atoms with van der Waals surface area (Å²) in [5.74, 6) is -0.219. The molecule has 0 fully saturated rings. The van der Waals surface area contributed by atoms with Crippen molar-refractivity contribution in [3.63, 3.8) is 0 Å². The van der Waals surface area contributed by atoms with Crippen LogP contribution in [0.3, 0.4) is 0 Å². The summed E-state index contributed by atoms with van der Waals surface area (Å²) in [5.41, 5.74) is 1.10. The highest BCUT2D eigenvalue weighted by atomic mass is 32.2. The number of sulfone groups is 1. The van der Waals surface area contributed by atoms with E-state index >= 15 is 0 Å². The predicted molar refractivity (Wildman–Crippen MR) is 121 cm³/mol. The number of rotatable bonds is 10. The second kappa shape index (κ2) is 10.4. The maximum absolute atomic E-state index is 13.0. The molecule has 3 aromatic carbocycles. The molecule has 7 nitrogen and oxygen atoms in total. The Kier molecular flexibility index (Phi) is 7.63. The van der Waals surface area contributed by atoms with Gasteiger partial charge in [-0.2, -0.15) is 0 Å². The van der Waals surface area contributed by atoms with Gasteiger partial charge in [-0.25, -0.2) is 13.9 Å². The van der Waals surface area contributed by atoms with Gasteiger partial charge in [0.25, 0.3) is 5.91 Å². The first-order valence-corrected chi connectivity index (χ1v) is 11.8. The first-order valence-electron chi connectivity index (χ1n) is 10.1. The van der Waals surface area contributed by atoms with Crippen LogP contribution in [0.25, 0.3) is 0 Å². The molecule has 0 aliphatic heterocycles. The van der Waals surface area contributed by atoms with Crippen LogP contribution in [0.15, 0.2) is 89.8 Å². The summed E-state index contributed by atoms with van der Waals surface area (Å²) < 4.78 is 31.8. The first-order chi connectivity index (χ1) is 15.3. The van der Waals surface area contributed by atoms with Crippen LogP contribution in [0.1, 0.15) is 12.5 Å². The zero-order valence-corrected chi connectivity index (χ0v) is 18.5. The van der Waals surface area contributed by atoms with E-state index in [1.54, 1.807) is 29.7 Å². The van der Waals surface area contributed by atoms with E-state index in [1.807, 2.05) is 48.5 Å². The van der Waals surface area contributed by atoms with Crippen LogP contribution in [-0.4, -0.2) is 37.4 Å². The Morgan fingerprint density at radius 2 is 1.47 bits per heavy atom. The standard InChI is InChI=1S/C24H26N2O5S/c1-24(23(27)26-28,25-17-16-19-8-4-2-5-9-19)18-32(29,30)22-14-12-21(13-15-22)31-20-10-6-3-7-11-20/h2-15,25,28H,16-18H2,1H3,(H,26,27). The van der Waals surface area contributed by atoms with Crippen LogP contribution in [0.4, 0.5) is 0 Å². The van der Waals surface area contributed by atoms with Crippen molar-refractivity contribution in [2.75, 3.05) is 12.3 Å². The third kappa shape index (κ3) is 6.16. The molecule has 0 saturated heterocycles. The lowest BCUT2D eigenvalue weighted by atomic mass is 10.0. The molecule has 168 valence electrons. The number of nitrogens with one attached hydrogen (secondary N) is 2. The fraction of sp³-hybridized carbons (Fsp3) is 0.208. The molecular formula is C24H26N2O5S. The number of carbonyl (C=O) groups is 1. The third-order valence-electron chi connectivity index (χ3n) is 5.01. The van der Waals surface area contributed by atoms with Crippen molar-refractivity contribution in [1.29, 1.82) is 0 Å². The van der Waals surface area contributed by atoms with Crippen molar-refractivity contribution in [1.82, 2.24) is 10.8 Å². The van der Waals surface area contributed by atoms with Gasteiger partial charge in [-0.05, 0) is 55.3 Å². The first kappa shape index (κ1) is 23.5. The Hall–Kier alpha value is -3.20. The minimum atomic E-state index is -3.85. The molecule has 0 aliphatic rings. The summed E-state index contributed by atoms with van der Waals surface area (Å²) in [4.78, 5) is 12.4. The van der Waals surface area contributed by atoms with Gasteiger partial charge >= 0.3 is 0 Å². The van der Waals surface area contributed by atoms with Crippen LogP contribution in [0.2, 0.25) is 0 Å². The number of benzene rings is 3. The molecule has 3 N–H and O–H groups in total. The number of ether oxygens (including phenoxy) is 1. The number of para-hydroxylation sites is 1. The summed E-state index contributed by atoms with van der Waals surface area (Å²) in [5, 5.41) is 12.2. The molecule has 8 heteroatoms. The van der Waals surface area contributed by atoms with E-state index in [-0.39, 0.29) is 4.90 Å². The van der Waals surface area contributed by atoms with E-state index < -0.39 is 27.0 Å². The van der Waals surface area contributed by atoms with Gasteiger partial charge in [0.05, 0.1) is 10.6 Å². The normalized spacial score (nSPS) is 13.2. The molecule has 1 atom stereocenters. The maximum Gasteiger partial charge on any atom is 0.264 e. The highest BCUT2D eigenvalue weighted by Gasteiger charge is 2.38. The fourth-order valence-corrected chi connectivity index (χ4v) is 4.96. The molecule has 0 spiro atoms. The van der Waals surface area contributed by atoms with E-state index in [2.05, 4.69) is 5.32 Å². The van der Waals surface area contributed by atoms with Crippen molar-refractivity contribution >= 4 is 15.7 Å². The monoisotopic (exact) mass is 454 g/mol. The number of carbonyl (C=O) groups excluding carboxylic acids is 1. The lowest BCUT2D eigenvalue weighted by molar-refractivity contribution is -0.134. The van der Waals surface area contributed by atoms with Crippen LogP contribution in [0, 0.1) is 0 Å². The Morgan fingerprint density at radius 1 is 0.906 bits per heavy atom. The van der Waals surface area contributed by atoms with Gasteiger partial charge in [-0.1, -0.05) is 48.5 Å². The Balaban J connectivity index is 1.70. The third-order valence-corrected chi connectivity index (χ3v) is 6.96. The molecule has 0 heterocycles. The summed E-state index contributed by atoms with van der Waals surface area (Å²) >= 11 is 0. The van der Waals surface area contributed by atoms with Gasteiger partial charge in [-0.15, -0.1) is 0 Å². The van der Waals surface area contributed by atoms with E-state index in [9.17, 15) is 18.4 Å². The Bertz CT molecular complexity index is 1120. The van der Waals surface area contributed by atoms with Crippen LogP contribution in [-0.2, 0) is 21.1 Å². The quantitative estimate of drug-likeness (QED) is 0.321. The molecule has 0 radical (unpaired) electrons. The van der Waals surface area contributed by atoms with E-state index in [0.717, 1.165) is 5.56 Å². The van der Waals surface area contributed by atoms with Gasteiger partial charge in [0.15, 0.2) is 9.84 Å². The summed E-state index contributed by atoms with van der Waals surface area (Å²) in [6, 6.07) is 24.8. The molecule has 0 aliphatic carbocycles. The lowest BCUT2D eigenvalue weighted by Crippen LogP contribution is -2.58. The van der Waals surface area contributed by atoms with Crippen LogP contribution in [0.5, 0.6) is 11.5 Å². The number of hydrogen-bond donors (Lipinski definition) is 3. The summed E-state index contributed by atoms with van der Waals surface area (Å²) in [6.07, 6.45) is 0.598. The lowest BCUT2D eigenvalue weighted by Gasteiger charge is -2.28. The zero-order chi connectivity index (χ0) is 23.0. The highest BCUT2D eigenvalue weighted by molar-refractivity contribution is 7.91. The van der Waals surface area contributed by atoms with Crippen LogP contribution < -0.4 is 15.5 Å². The van der Waals surface area contributed by atoms with E-state index in [4.69, 9.17) is 4.74 Å². The number of hydrogen-bond acceptors (Lipinski definition) is 6. The molecule has 3 rings (SSSR count). The van der Waals surface area contributed by atoms with Gasteiger partial charge in [0, 0.05) is 6.54 Å². The highest BCUT2D eigenvalue weighted by Crippen LogP contribution is 2.24. The molecule has 32 heavy (non-hydrogen) atoms. The molecule has 1 unspecified atom stereocenters. The van der Waals surface area contributed by atoms with Gasteiger partial charge in [-0.3, -0.25) is 10.0 Å². The Morgan fingerprint density at radius 3 is 2.06 bits per heavy atom. The SMILES string of the molecule is CC(CS(=O)(=O)c1ccc(Oc2ccccc2)cc1)(NCCc1ccccc1)C(=O)NO. The smallest absolute Gasteiger partial charge is 0.264 e. The van der Waals surface area contributed by atoms with Crippen molar-refractivity contribution in [3.05, 3.63) is 90.5 Å². The maximum atomic E-state index is 13.0. The topological polar surface area (TPSA) is 105 Å². The van der Waals surface area contributed by atoms with Crippen molar-refractivity contribution in [3.8, 4) is 11.5 Å².